The second kappa shape index (κ2) is 14.4. The molecule has 0 fully saturated rings. The normalized spacial score (nSPS) is 11.2. The van der Waals surface area contributed by atoms with E-state index in [2.05, 4.69) is 176 Å². The summed E-state index contributed by atoms with van der Waals surface area (Å²) in [5, 5.41) is 4.81. The van der Waals surface area contributed by atoms with Gasteiger partial charge in [-0.15, -0.1) is 0 Å². The van der Waals surface area contributed by atoms with Gasteiger partial charge in [0.15, 0.2) is 17.5 Å². The van der Waals surface area contributed by atoms with Crippen LogP contribution in [0.4, 0.5) is 0 Å². The molecule has 0 N–H and O–H groups in total. The summed E-state index contributed by atoms with van der Waals surface area (Å²) in [4.78, 5) is 15.2. The molecule has 0 amide bonds. The fraction of sp³-hybridized carbons (Fsp3) is 0. The van der Waals surface area contributed by atoms with Crippen molar-refractivity contribution in [2.24, 2.45) is 0 Å². The molecular weight excluding hydrogens is 679 g/mol. The number of aromatic nitrogens is 3. The second-order valence-corrected chi connectivity index (χ2v) is 13.9. The Balaban J connectivity index is 1.15. The third-order valence-electron chi connectivity index (χ3n) is 10.5. The summed E-state index contributed by atoms with van der Waals surface area (Å²) in [6, 6.07) is 74.8. The van der Waals surface area contributed by atoms with Crippen LogP contribution in [0.1, 0.15) is 0 Å². The smallest absolute Gasteiger partial charge is 0.164 e. The van der Waals surface area contributed by atoms with Crippen molar-refractivity contribution in [1.29, 1.82) is 0 Å². The van der Waals surface area contributed by atoms with Crippen molar-refractivity contribution in [3.05, 3.63) is 212 Å². The summed E-state index contributed by atoms with van der Waals surface area (Å²) in [7, 11) is 0. The van der Waals surface area contributed by atoms with E-state index in [1.807, 2.05) is 36.4 Å². The van der Waals surface area contributed by atoms with E-state index in [4.69, 9.17) is 15.0 Å². The third kappa shape index (κ3) is 6.12. The molecule has 0 saturated heterocycles. The van der Waals surface area contributed by atoms with Crippen molar-refractivity contribution in [2.75, 3.05) is 0 Å². The zero-order valence-electron chi connectivity index (χ0n) is 30.5. The van der Waals surface area contributed by atoms with E-state index >= 15 is 0 Å². The van der Waals surface area contributed by atoms with Crippen molar-refractivity contribution < 1.29 is 0 Å². The van der Waals surface area contributed by atoms with Crippen LogP contribution in [0.5, 0.6) is 0 Å². The summed E-state index contributed by atoms with van der Waals surface area (Å²) < 4.78 is 0. The number of hydrogen-bond acceptors (Lipinski definition) is 3. The lowest BCUT2D eigenvalue weighted by molar-refractivity contribution is 1.07. The van der Waals surface area contributed by atoms with Crippen LogP contribution in [0.2, 0.25) is 0 Å². The van der Waals surface area contributed by atoms with Crippen LogP contribution in [0, 0.1) is 0 Å². The van der Waals surface area contributed by atoms with Gasteiger partial charge in [-0.05, 0) is 72.1 Å². The number of rotatable bonds is 7. The highest BCUT2D eigenvalue weighted by Gasteiger charge is 2.20. The van der Waals surface area contributed by atoms with Gasteiger partial charge in [-0.25, -0.2) is 15.0 Å². The molecule has 0 aliphatic carbocycles. The number of hydrogen-bond donors (Lipinski definition) is 0. The van der Waals surface area contributed by atoms with Gasteiger partial charge in [0, 0.05) is 16.7 Å². The summed E-state index contributed by atoms with van der Waals surface area (Å²) in [6.45, 7) is 0. The lowest BCUT2D eigenvalue weighted by Gasteiger charge is -2.20. The largest absolute Gasteiger partial charge is 0.208 e. The molecule has 1 aromatic heterocycles. The Morgan fingerprint density at radius 3 is 1.14 bits per heavy atom. The van der Waals surface area contributed by atoms with Gasteiger partial charge in [0.1, 0.15) is 0 Å². The first-order chi connectivity index (χ1) is 27.8. The van der Waals surface area contributed by atoms with Crippen molar-refractivity contribution in [3.63, 3.8) is 0 Å². The van der Waals surface area contributed by atoms with E-state index < -0.39 is 0 Å². The maximum atomic E-state index is 5.13. The Kier molecular flexibility index (Phi) is 8.51. The summed E-state index contributed by atoms with van der Waals surface area (Å²) in [5.74, 6) is 1.90. The van der Waals surface area contributed by atoms with Crippen LogP contribution in [-0.2, 0) is 0 Å². The number of nitrogens with zero attached hydrogens (tertiary/aromatic N) is 3. The Bertz CT molecular complexity index is 2940. The number of fused-ring (bicyclic) bond motifs is 2. The van der Waals surface area contributed by atoms with Crippen LogP contribution in [-0.4, -0.2) is 15.0 Å². The van der Waals surface area contributed by atoms with E-state index in [0.29, 0.717) is 17.5 Å². The van der Waals surface area contributed by atoms with Gasteiger partial charge in [-0.1, -0.05) is 206 Å². The quantitative estimate of drug-likeness (QED) is 0.154. The second-order valence-electron chi connectivity index (χ2n) is 13.9. The Labute approximate surface area is 326 Å². The van der Waals surface area contributed by atoms with Gasteiger partial charge in [0.25, 0.3) is 0 Å². The SMILES string of the molecule is c1ccc(-c2ccc(-c3nc(-c4ccccc4)nc(-c4cccc(-c5c6ccccc6c(-c6ccccc6-c6ccccc6)c6ccccc56)c4)n3)cc2)cc1. The average Bonchev–Trinajstić information content (AvgIpc) is 3.29. The van der Waals surface area contributed by atoms with Crippen molar-refractivity contribution >= 4 is 21.5 Å². The Morgan fingerprint density at radius 1 is 0.214 bits per heavy atom. The highest BCUT2D eigenvalue weighted by Crippen LogP contribution is 2.46. The highest BCUT2D eigenvalue weighted by atomic mass is 15.0. The van der Waals surface area contributed by atoms with Crippen LogP contribution >= 0.6 is 0 Å². The summed E-state index contributed by atoms with van der Waals surface area (Å²) >= 11 is 0. The predicted octanol–water partition coefficient (Wildman–Crippen LogP) is 13.8. The maximum absolute atomic E-state index is 5.13. The van der Waals surface area contributed by atoms with E-state index in [1.54, 1.807) is 0 Å². The monoisotopic (exact) mass is 713 g/mol. The molecule has 0 radical (unpaired) electrons. The van der Waals surface area contributed by atoms with Gasteiger partial charge in [0.05, 0.1) is 0 Å². The topological polar surface area (TPSA) is 38.7 Å². The molecule has 3 heteroatoms. The number of benzene rings is 9. The summed E-state index contributed by atoms with van der Waals surface area (Å²) in [6.07, 6.45) is 0. The van der Waals surface area contributed by atoms with Crippen LogP contribution in [0.15, 0.2) is 212 Å². The molecule has 10 aromatic rings. The summed E-state index contributed by atoms with van der Waals surface area (Å²) in [5.41, 5.74) is 12.3. The molecule has 1 heterocycles. The molecule has 10 rings (SSSR count). The molecule has 9 aromatic carbocycles. The molecule has 262 valence electrons. The molecule has 0 bridgehead atoms. The van der Waals surface area contributed by atoms with Gasteiger partial charge in [-0.3, -0.25) is 0 Å². The first kappa shape index (κ1) is 33.1. The fourth-order valence-corrected chi connectivity index (χ4v) is 7.91. The van der Waals surface area contributed by atoms with E-state index in [9.17, 15) is 0 Å². The van der Waals surface area contributed by atoms with Gasteiger partial charge >= 0.3 is 0 Å². The molecular formula is C53H35N3. The van der Waals surface area contributed by atoms with Crippen LogP contribution in [0.25, 0.3) is 100 Å². The third-order valence-corrected chi connectivity index (χ3v) is 10.5. The predicted molar refractivity (Wildman–Crippen MR) is 233 cm³/mol. The highest BCUT2D eigenvalue weighted by molar-refractivity contribution is 6.22. The molecule has 0 spiro atoms. The molecule has 0 saturated carbocycles. The molecule has 0 unspecified atom stereocenters. The molecule has 0 aliphatic rings. The maximum Gasteiger partial charge on any atom is 0.164 e. The van der Waals surface area contributed by atoms with Gasteiger partial charge in [-0.2, -0.15) is 0 Å². The molecule has 3 nitrogen and oxygen atoms in total. The first-order valence-electron chi connectivity index (χ1n) is 18.9. The van der Waals surface area contributed by atoms with Crippen molar-refractivity contribution in [1.82, 2.24) is 15.0 Å². The molecule has 0 aliphatic heterocycles. The van der Waals surface area contributed by atoms with E-state index in [1.165, 1.54) is 54.9 Å². The molecule has 56 heavy (non-hydrogen) atoms. The standard InChI is InChI=1S/C53H35N3/c1-4-17-36(18-5-1)37-31-33-40(34-32-37)52-54-51(39-21-8-3-9-22-39)55-53(56-52)42-24-16-23-41(35-42)49-45-27-12-14-29-47(45)50(48-30-15-13-28-46(48)49)44-26-11-10-25-43(44)38-19-6-2-7-20-38/h1-35H. The van der Waals surface area contributed by atoms with Gasteiger partial charge in [0.2, 0.25) is 0 Å². The lowest BCUT2D eigenvalue weighted by atomic mass is 9.83. The minimum absolute atomic E-state index is 0.629. The van der Waals surface area contributed by atoms with Crippen molar-refractivity contribution in [2.45, 2.75) is 0 Å². The van der Waals surface area contributed by atoms with Gasteiger partial charge < -0.3 is 0 Å². The Morgan fingerprint density at radius 2 is 0.571 bits per heavy atom. The fourth-order valence-electron chi connectivity index (χ4n) is 7.91. The van der Waals surface area contributed by atoms with Crippen LogP contribution < -0.4 is 0 Å². The average molecular weight is 714 g/mol. The van der Waals surface area contributed by atoms with E-state index in [-0.39, 0.29) is 0 Å². The molecule has 0 atom stereocenters. The zero-order valence-corrected chi connectivity index (χ0v) is 30.5. The minimum atomic E-state index is 0.629. The minimum Gasteiger partial charge on any atom is -0.208 e. The Hall–Kier alpha value is -7.49. The van der Waals surface area contributed by atoms with Crippen molar-refractivity contribution in [3.8, 4) is 78.7 Å². The van der Waals surface area contributed by atoms with Crippen LogP contribution in [0.3, 0.4) is 0 Å². The van der Waals surface area contributed by atoms with E-state index in [0.717, 1.165) is 27.8 Å². The first-order valence-corrected chi connectivity index (χ1v) is 18.9. The zero-order chi connectivity index (χ0) is 37.3. The lowest BCUT2D eigenvalue weighted by Crippen LogP contribution is -2.00.